The second kappa shape index (κ2) is 2.52. The zero-order valence-corrected chi connectivity index (χ0v) is 24.9. The number of hydrogen-bond donors (Lipinski definition) is 0. The van der Waals surface area contributed by atoms with Crippen molar-refractivity contribution in [2.45, 2.75) is 59.4 Å². The Bertz CT molecular complexity index is 17.8. The van der Waals surface area contributed by atoms with Crippen molar-refractivity contribution >= 4 is 0 Å². The van der Waals surface area contributed by atoms with Crippen molar-refractivity contribution in [1.82, 2.24) is 0 Å². The molecule has 0 saturated carbocycles. The summed E-state index contributed by atoms with van der Waals surface area (Å²) in [6.45, 7) is 0. The van der Waals surface area contributed by atoms with Gasteiger partial charge < -0.3 is 0 Å². The number of hydrogen-bond acceptors (Lipinski definition) is 0. The molecule has 204 valence electrons. The van der Waals surface area contributed by atoms with Gasteiger partial charge in [-0.2, -0.15) is 0 Å². The van der Waals surface area contributed by atoms with Crippen LogP contribution >= 0.6 is 0 Å². The Morgan fingerprint density at radius 3 is 0.111 bits per heavy atom. The van der Waals surface area contributed by atoms with Gasteiger partial charge in [-0.05, 0) is 0 Å². The van der Waals surface area contributed by atoms with E-state index in [1.807, 2.05) is 0 Å². The molecule has 10 heteroatoms. The van der Waals surface area contributed by atoms with Crippen molar-refractivity contribution in [1.29, 1.82) is 0 Å². The monoisotopic (exact) mass is 2720 g/mol. The van der Waals surface area contributed by atoms with Crippen LogP contribution in [0.25, 0.3) is 0 Å². The molecule has 0 spiro atoms. The third kappa shape index (κ3) is 1.50. The summed E-state index contributed by atoms with van der Waals surface area (Å²) in [4.78, 5) is 0. The van der Waals surface area contributed by atoms with E-state index in [1.54, 1.807) is 0 Å². The van der Waals surface area contributed by atoms with Gasteiger partial charge in [0, 0.05) is 0 Å². The molecule has 0 aromatic rings. The van der Waals surface area contributed by atoms with Gasteiger partial charge in [0.05, 0.1) is 0 Å². The molecule has 0 saturated heterocycles. The Kier molecular flexibility index (Phi) is 0.549. The Balaban J connectivity index is 0. The molecule has 0 heterocycles. The van der Waals surface area contributed by atoms with Gasteiger partial charge in [0.25, 0.3) is 0 Å². The molecular weight excluding hydrogens is 2690 g/mol. The quantitative estimate of drug-likeness (QED) is 0.318. The summed E-state index contributed by atoms with van der Waals surface area (Å²) in [5.74, 6) is 0. The van der Waals surface area contributed by atoms with Crippen LogP contribution in [0, 0.1) is 0 Å². The van der Waals surface area contributed by atoms with E-state index in [-0.39, 0.29) is 59.4 Å². The molecule has 18 heavy (non-hydrogen) atoms. The first-order chi connectivity index (χ1) is 0. The minimum absolute atomic E-state index is 0. The molecule has 0 N–H and O–H groups in total. The fraction of sp³-hybridized carbons (Fsp3) is 1.00. The average molecular weight is 2720 g/mol. The summed E-state index contributed by atoms with van der Waals surface area (Å²) >= 11 is 0. The van der Waals surface area contributed by atoms with Crippen molar-refractivity contribution in [3.8, 4) is 0 Å². The van der Waals surface area contributed by atoms with Crippen LogP contribution in [-0.4, -0.2) is 0 Å². The van der Waals surface area contributed by atoms with Crippen molar-refractivity contribution in [3.05, 3.63) is 0 Å². The largest absolute Gasteiger partial charge is 0.0776 e. The molecule has 0 aliphatic carbocycles. The molecule has 0 unspecified atom stereocenters. The molecule has 0 radical (unpaired) electrons. The van der Waals surface area contributed by atoms with Crippen molar-refractivity contribution in [2.24, 2.45) is 0 Å². The van der Waals surface area contributed by atoms with Crippen molar-refractivity contribution in [3.63, 3.8) is 0 Å². The molecule has 0 amide bonds. The third-order valence-corrected chi connectivity index (χ3v) is 0. The van der Waals surface area contributed by atoms with E-state index in [2.05, 4.69) is 0 Å². The van der Waals surface area contributed by atoms with Crippen LogP contribution in [0.2, 0.25) is 0 Å². The standard InChI is InChI=1S/8CH4.10No/h8*1H4;;;;;;;;;;. The smallest absolute Gasteiger partial charge is 0 e. The number of rotatable bonds is 0. The molecule has 0 bridgehead atoms. The summed E-state index contributed by atoms with van der Waals surface area (Å²) in [6.07, 6.45) is 0. The molecule has 0 fully saturated rings. The Labute approximate surface area is 60.3 Å². The molecule has 0 atom stereocenters. The summed E-state index contributed by atoms with van der Waals surface area (Å²) in [5, 5.41) is 0. The third-order valence-electron chi connectivity index (χ3n) is 0. The van der Waals surface area contributed by atoms with E-state index in [0.717, 1.165) is 0 Å². The van der Waals surface area contributed by atoms with Crippen LogP contribution in [0.3, 0.4) is 0 Å². The van der Waals surface area contributed by atoms with Crippen molar-refractivity contribution in [2.75, 3.05) is 0 Å². The van der Waals surface area contributed by atoms with Gasteiger partial charge in [-0.1, -0.05) is 59.4 Å². The Morgan fingerprint density at radius 1 is 0.111 bits per heavy atom. The summed E-state index contributed by atoms with van der Waals surface area (Å²) in [5.41, 5.74) is 0. The molecular formula is C8H32No10. The van der Waals surface area contributed by atoms with Gasteiger partial charge in [-0.15, -0.1) is 0 Å². The maximum Gasteiger partial charge on any atom is 0 e. The van der Waals surface area contributed by atoms with E-state index in [9.17, 15) is 0 Å². The van der Waals surface area contributed by atoms with Crippen LogP contribution in [0.4, 0.5) is 0 Å². The van der Waals surface area contributed by atoms with Crippen molar-refractivity contribution < 1.29 is 0 Å². The van der Waals surface area contributed by atoms with E-state index >= 15 is 0 Å². The predicted octanol–water partition coefficient (Wildman–Crippen LogP) is 5.09. The molecule has 0 aliphatic rings. The van der Waals surface area contributed by atoms with E-state index in [1.165, 1.54) is 0 Å². The summed E-state index contributed by atoms with van der Waals surface area (Å²) < 4.78 is 0. The van der Waals surface area contributed by atoms with E-state index in [4.69, 9.17) is 0 Å². The zero-order chi connectivity index (χ0) is 0. The van der Waals surface area contributed by atoms with Crippen LogP contribution in [-0.2, 0) is 0 Å². The van der Waals surface area contributed by atoms with E-state index < -0.39 is 0 Å². The summed E-state index contributed by atoms with van der Waals surface area (Å²) in [6, 6.07) is 0. The normalized spacial score (nSPS) is 0. The predicted molar refractivity (Wildman–Crippen MR) is 53.8 cm³/mol. The van der Waals surface area contributed by atoms with E-state index in [0.29, 0.717) is 0 Å². The maximum absolute atomic E-state index is 0. The van der Waals surface area contributed by atoms with Gasteiger partial charge in [0.15, 0.2) is 0 Å². The first kappa shape index (κ1) is 3.92. The fourth-order valence-corrected chi connectivity index (χ4v) is 0. The second-order valence-electron chi connectivity index (χ2n) is 0. The first-order valence-corrected chi connectivity index (χ1v) is 0. The molecule has 0 nitrogen and oxygen atoms in total. The first-order valence-electron chi connectivity index (χ1n) is 0. The second-order valence-corrected chi connectivity index (χ2v) is 0. The summed E-state index contributed by atoms with van der Waals surface area (Å²) in [7, 11) is 0. The molecule has 0 aromatic heterocycles. The average Bonchev–Trinajstić information content (AvgIpc) is 0. The van der Waals surface area contributed by atoms with Crippen LogP contribution in [0.5, 0.6) is 0 Å². The van der Waals surface area contributed by atoms with Crippen LogP contribution < -0.4 is 0 Å². The van der Waals surface area contributed by atoms with Crippen LogP contribution in [0.1, 0.15) is 59.4 Å². The van der Waals surface area contributed by atoms with Gasteiger partial charge in [0.2, 0.25) is 0 Å². The molecule has 0 rings (SSSR count). The maximum atomic E-state index is 0. The van der Waals surface area contributed by atoms with Gasteiger partial charge in [-0.3, -0.25) is 0 Å². The molecule has 0 aliphatic heterocycles. The van der Waals surface area contributed by atoms with Gasteiger partial charge >= 0.3 is 0 Å². The SMILES string of the molecule is C.C.C.C.C.C.C.C.[No].[No].[No].[No].[No].[No].[No].[No].[No].[No]. The zero-order valence-electron chi connectivity index (χ0n) is 2.67. The Hall–Kier alpha value is -10.0. The minimum atomic E-state index is 0. The Morgan fingerprint density at radius 2 is 0.111 bits per heavy atom. The topological polar surface area (TPSA) is 0 Å². The minimum Gasteiger partial charge on any atom is -0.0776 e. The van der Waals surface area contributed by atoms with Crippen LogP contribution in [0.15, 0.2) is 0 Å². The molecule has 0 aromatic carbocycles. The fourth-order valence-electron chi connectivity index (χ4n) is 0. The van der Waals surface area contributed by atoms with Gasteiger partial charge in [-0.25, -0.2) is 0 Å². The van der Waals surface area contributed by atoms with Gasteiger partial charge in [0.1, 0.15) is 0 Å².